The quantitative estimate of drug-likeness (QED) is 0.405. The molecule has 2 N–H and O–H groups in total. The van der Waals surface area contributed by atoms with Crippen LogP contribution in [0.3, 0.4) is 0 Å². The first-order chi connectivity index (χ1) is 14.0. The first kappa shape index (κ1) is 20.7. The summed E-state index contributed by atoms with van der Waals surface area (Å²) in [6.07, 6.45) is 1.62. The zero-order valence-electron chi connectivity index (χ0n) is 16.9. The van der Waals surface area contributed by atoms with E-state index in [1.54, 1.807) is 0 Å². The number of hydrogen-bond donors (Lipinski definition) is 2. The number of fused-ring (bicyclic) bond motifs is 1. The molecule has 2 aromatic carbocycles. The lowest BCUT2D eigenvalue weighted by molar-refractivity contribution is -0.120. The molecule has 0 aliphatic rings. The van der Waals surface area contributed by atoms with Crippen molar-refractivity contribution in [2.45, 2.75) is 33.6 Å². The van der Waals surface area contributed by atoms with Gasteiger partial charge in [-0.25, -0.2) is 5.43 Å². The molecule has 29 heavy (non-hydrogen) atoms. The Bertz CT molecular complexity index is 1050. The molecule has 6 heteroatoms. The van der Waals surface area contributed by atoms with Crippen molar-refractivity contribution in [1.82, 2.24) is 5.43 Å². The molecule has 3 aromatic rings. The Kier molecular flexibility index (Phi) is 6.77. The number of thiophene rings is 1. The molecule has 1 aromatic heterocycles. The third-order valence-electron chi connectivity index (χ3n) is 4.96. The van der Waals surface area contributed by atoms with Crippen LogP contribution in [0, 0.1) is 5.92 Å². The summed E-state index contributed by atoms with van der Waals surface area (Å²) in [4.78, 5) is 24.9. The number of nitrogens with zero attached hydrogens (tertiary/aromatic N) is 1. The molecule has 0 atom stereocenters. The molecule has 0 spiro atoms. The summed E-state index contributed by atoms with van der Waals surface area (Å²) >= 11 is 1.54. The highest BCUT2D eigenvalue weighted by atomic mass is 32.1. The van der Waals surface area contributed by atoms with Gasteiger partial charge >= 0.3 is 0 Å². The smallest absolute Gasteiger partial charge is 0.272 e. The maximum absolute atomic E-state index is 12.5. The van der Waals surface area contributed by atoms with Crippen molar-refractivity contribution in [3.05, 3.63) is 65.0 Å². The molecular formula is C23H25N3O2S. The molecule has 3 rings (SSSR count). The fourth-order valence-electron chi connectivity index (χ4n) is 3.14. The van der Waals surface area contributed by atoms with Crippen molar-refractivity contribution in [3.63, 3.8) is 0 Å². The van der Waals surface area contributed by atoms with Gasteiger partial charge < -0.3 is 5.32 Å². The van der Waals surface area contributed by atoms with Gasteiger partial charge in [0.25, 0.3) is 5.91 Å². The van der Waals surface area contributed by atoms with Crippen molar-refractivity contribution < 1.29 is 9.59 Å². The standard InChI is InChI=1S/C23H25N3O2S/c1-4-16(5-2)22(27)24-18-10-8-9-17(13-18)15(3)25-26-23(28)20-14-29-21-12-7-6-11-19(20)21/h6-14,16H,4-5H2,1-3H3,(H,24,27)(H,26,28). The molecule has 0 saturated heterocycles. The summed E-state index contributed by atoms with van der Waals surface area (Å²) in [5, 5.41) is 9.99. The lowest BCUT2D eigenvalue weighted by Crippen LogP contribution is -2.22. The summed E-state index contributed by atoms with van der Waals surface area (Å²) < 4.78 is 1.07. The van der Waals surface area contributed by atoms with Crippen LogP contribution in [0.25, 0.3) is 10.1 Å². The molecule has 1 heterocycles. The second-order valence-electron chi connectivity index (χ2n) is 6.87. The normalized spacial score (nSPS) is 11.7. The molecule has 0 bridgehead atoms. The van der Waals surface area contributed by atoms with E-state index in [4.69, 9.17) is 0 Å². The maximum atomic E-state index is 12.5. The molecule has 0 saturated carbocycles. The minimum atomic E-state index is -0.236. The summed E-state index contributed by atoms with van der Waals surface area (Å²) in [5.41, 5.74) is 5.48. The molecular weight excluding hydrogens is 382 g/mol. The van der Waals surface area contributed by atoms with E-state index in [2.05, 4.69) is 15.8 Å². The Labute approximate surface area is 174 Å². The van der Waals surface area contributed by atoms with Gasteiger partial charge in [-0.15, -0.1) is 11.3 Å². The van der Waals surface area contributed by atoms with E-state index in [9.17, 15) is 9.59 Å². The molecule has 150 valence electrons. The third-order valence-corrected chi connectivity index (χ3v) is 5.92. The molecule has 0 unspecified atom stereocenters. The van der Waals surface area contributed by atoms with Gasteiger partial charge in [0.1, 0.15) is 0 Å². The highest BCUT2D eigenvalue weighted by Crippen LogP contribution is 2.25. The maximum Gasteiger partial charge on any atom is 0.272 e. The number of amides is 2. The van der Waals surface area contributed by atoms with E-state index < -0.39 is 0 Å². The van der Waals surface area contributed by atoms with Gasteiger partial charge in [0.2, 0.25) is 5.91 Å². The predicted molar refractivity (Wildman–Crippen MR) is 121 cm³/mol. The number of hydrazone groups is 1. The Hall–Kier alpha value is -2.99. The molecule has 0 fully saturated rings. The molecule has 2 amide bonds. The van der Waals surface area contributed by atoms with Crippen molar-refractivity contribution in [1.29, 1.82) is 0 Å². The largest absolute Gasteiger partial charge is 0.326 e. The predicted octanol–water partition coefficient (Wildman–Crippen LogP) is 5.43. The van der Waals surface area contributed by atoms with Gasteiger partial charge in [-0.3, -0.25) is 9.59 Å². The lowest BCUT2D eigenvalue weighted by atomic mass is 10.0. The summed E-state index contributed by atoms with van der Waals surface area (Å²) in [6, 6.07) is 15.3. The van der Waals surface area contributed by atoms with Crippen molar-refractivity contribution in [3.8, 4) is 0 Å². The Morgan fingerprint density at radius 1 is 1.07 bits per heavy atom. The SMILES string of the molecule is CCC(CC)C(=O)Nc1cccc(C(C)=NNC(=O)c2csc3ccccc23)c1. The Balaban J connectivity index is 1.71. The zero-order valence-corrected chi connectivity index (χ0v) is 17.7. The van der Waals surface area contributed by atoms with Gasteiger partial charge in [-0.2, -0.15) is 5.10 Å². The van der Waals surface area contributed by atoms with Crippen LogP contribution in [0.5, 0.6) is 0 Å². The second-order valence-corrected chi connectivity index (χ2v) is 7.78. The Morgan fingerprint density at radius 2 is 1.83 bits per heavy atom. The molecule has 0 aliphatic carbocycles. The summed E-state index contributed by atoms with van der Waals surface area (Å²) in [5.74, 6) is -0.201. The van der Waals surface area contributed by atoms with Crippen molar-refractivity contribution >= 4 is 44.6 Å². The topological polar surface area (TPSA) is 70.6 Å². The highest BCUT2D eigenvalue weighted by molar-refractivity contribution is 7.17. The minimum Gasteiger partial charge on any atom is -0.326 e. The summed E-state index contributed by atoms with van der Waals surface area (Å²) in [7, 11) is 0. The van der Waals surface area contributed by atoms with E-state index in [0.29, 0.717) is 11.3 Å². The molecule has 0 radical (unpaired) electrons. The van der Waals surface area contributed by atoms with E-state index in [1.165, 1.54) is 11.3 Å². The first-order valence-corrected chi connectivity index (χ1v) is 10.6. The van der Waals surface area contributed by atoms with E-state index >= 15 is 0 Å². The monoisotopic (exact) mass is 407 g/mol. The highest BCUT2D eigenvalue weighted by Gasteiger charge is 2.15. The van der Waals surface area contributed by atoms with Crippen LogP contribution in [-0.4, -0.2) is 17.5 Å². The van der Waals surface area contributed by atoms with E-state index in [0.717, 1.165) is 34.2 Å². The van der Waals surface area contributed by atoms with Crippen LogP contribution in [0.2, 0.25) is 0 Å². The minimum absolute atomic E-state index is 0.00754. The van der Waals surface area contributed by atoms with Crippen LogP contribution in [0.1, 0.15) is 49.5 Å². The third kappa shape index (κ3) is 4.90. The van der Waals surface area contributed by atoms with Crippen LogP contribution >= 0.6 is 11.3 Å². The number of benzene rings is 2. The number of nitrogens with one attached hydrogen (secondary N) is 2. The van der Waals surface area contributed by atoms with E-state index in [1.807, 2.05) is 74.7 Å². The summed E-state index contributed by atoms with van der Waals surface area (Å²) in [6.45, 7) is 5.86. The van der Waals surface area contributed by atoms with Gasteiger partial charge in [0, 0.05) is 27.1 Å². The number of rotatable bonds is 7. The van der Waals surface area contributed by atoms with Crippen molar-refractivity contribution in [2.75, 3.05) is 5.32 Å². The van der Waals surface area contributed by atoms with Gasteiger partial charge in [0.15, 0.2) is 0 Å². The van der Waals surface area contributed by atoms with Gasteiger partial charge in [-0.05, 0) is 43.5 Å². The van der Waals surface area contributed by atoms with Crippen LogP contribution in [-0.2, 0) is 4.79 Å². The van der Waals surface area contributed by atoms with Crippen molar-refractivity contribution in [2.24, 2.45) is 11.0 Å². The van der Waals surface area contributed by atoms with E-state index in [-0.39, 0.29) is 17.7 Å². The fraction of sp³-hybridized carbons (Fsp3) is 0.261. The average molecular weight is 408 g/mol. The first-order valence-electron chi connectivity index (χ1n) is 9.75. The number of carbonyl (C=O) groups excluding carboxylic acids is 2. The van der Waals surface area contributed by atoms with Gasteiger partial charge in [-0.1, -0.05) is 44.2 Å². The second kappa shape index (κ2) is 9.47. The zero-order chi connectivity index (χ0) is 20.8. The lowest BCUT2D eigenvalue weighted by Gasteiger charge is -2.13. The number of carbonyl (C=O) groups is 2. The van der Waals surface area contributed by atoms with Crippen LogP contribution < -0.4 is 10.7 Å². The average Bonchev–Trinajstić information content (AvgIpc) is 3.17. The fourth-order valence-corrected chi connectivity index (χ4v) is 4.08. The Morgan fingerprint density at radius 3 is 2.59 bits per heavy atom. The van der Waals surface area contributed by atoms with Crippen LogP contribution in [0.4, 0.5) is 5.69 Å². The van der Waals surface area contributed by atoms with Gasteiger partial charge in [0.05, 0.1) is 11.3 Å². The number of hydrogen-bond acceptors (Lipinski definition) is 4. The molecule has 5 nitrogen and oxygen atoms in total. The molecule has 0 aliphatic heterocycles. The number of anilines is 1. The van der Waals surface area contributed by atoms with Crippen LogP contribution in [0.15, 0.2) is 59.0 Å².